The Kier molecular flexibility index (Phi) is 4.63. The van der Waals surface area contributed by atoms with E-state index in [1.807, 2.05) is 20.8 Å². The van der Waals surface area contributed by atoms with E-state index in [1.165, 1.54) is 0 Å². The summed E-state index contributed by atoms with van der Waals surface area (Å²) in [5, 5.41) is 3.08. The van der Waals surface area contributed by atoms with E-state index in [1.54, 1.807) is 6.92 Å². The van der Waals surface area contributed by atoms with Crippen molar-refractivity contribution in [1.82, 2.24) is 5.32 Å². The lowest BCUT2D eigenvalue weighted by Gasteiger charge is -2.24. The molecule has 0 aromatic heterocycles. The van der Waals surface area contributed by atoms with Crippen LogP contribution in [0.15, 0.2) is 0 Å². The molecule has 1 N–H and O–H groups in total. The number of sulfone groups is 1. The fourth-order valence-corrected chi connectivity index (χ4v) is 2.28. The summed E-state index contributed by atoms with van der Waals surface area (Å²) >= 11 is 0. The Bertz CT molecular complexity index is 312. The van der Waals surface area contributed by atoms with E-state index in [-0.39, 0.29) is 17.5 Å². The predicted molar refractivity (Wildman–Crippen MR) is 59.8 cm³/mol. The van der Waals surface area contributed by atoms with E-state index in [0.29, 0.717) is 0 Å². The van der Waals surface area contributed by atoms with Crippen molar-refractivity contribution in [3.05, 3.63) is 0 Å². The van der Waals surface area contributed by atoms with Crippen LogP contribution in [0.3, 0.4) is 0 Å². The molecule has 1 unspecified atom stereocenters. The Morgan fingerprint density at radius 2 is 2.00 bits per heavy atom. The zero-order chi connectivity index (χ0) is 11.4. The van der Waals surface area contributed by atoms with Gasteiger partial charge in [0.2, 0.25) is 0 Å². The molecule has 0 radical (unpaired) electrons. The topological polar surface area (TPSA) is 46.2 Å². The summed E-state index contributed by atoms with van der Waals surface area (Å²) in [6.45, 7) is 7.17. The highest BCUT2D eigenvalue weighted by molar-refractivity contribution is 7.91. The van der Waals surface area contributed by atoms with Crippen molar-refractivity contribution in [3.63, 3.8) is 0 Å². The maximum atomic E-state index is 11.3. The summed E-state index contributed by atoms with van der Waals surface area (Å²) in [6.07, 6.45) is 5.29. The third-order valence-electron chi connectivity index (χ3n) is 1.91. The second kappa shape index (κ2) is 4.81. The van der Waals surface area contributed by atoms with Crippen LogP contribution < -0.4 is 5.32 Å². The molecule has 1 atom stereocenters. The van der Waals surface area contributed by atoms with E-state index in [0.717, 1.165) is 0 Å². The number of nitrogens with one attached hydrogen (secondary N) is 1. The molecule has 0 bridgehead atoms. The van der Waals surface area contributed by atoms with Crippen molar-refractivity contribution in [3.8, 4) is 12.3 Å². The first-order chi connectivity index (χ1) is 6.22. The van der Waals surface area contributed by atoms with Crippen LogP contribution in [0.1, 0.15) is 27.7 Å². The molecule has 0 saturated carbocycles. The van der Waals surface area contributed by atoms with Crippen LogP contribution >= 0.6 is 0 Å². The van der Waals surface area contributed by atoms with Gasteiger partial charge in [0.25, 0.3) is 0 Å². The molecule has 0 aromatic carbocycles. The Morgan fingerprint density at radius 3 is 2.36 bits per heavy atom. The molecule has 14 heavy (non-hydrogen) atoms. The van der Waals surface area contributed by atoms with Gasteiger partial charge in [0, 0.05) is 11.8 Å². The summed E-state index contributed by atoms with van der Waals surface area (Å²) in [6, 6.07) is -0.119. The van der Waals surface area contributed by atoms with Crippen LogP contribution in [0.5, 0.6) is 0 Å². The molecule has 82 valence electrons. The van der Waals surface area contributed by atoms with Crippen molar-refractivity contribution >= 4 is 9.84 Å². The highest BCUT2D eigenvalue weighted by Gasteiger charge is 2.20. The molecule has 0 aliphatic heterocycles. The molecule has 0 aliphatic carbocycles. The van der Waals surface area contributed by atoms with Gasteiger partial charge in [-0.1, -0.05) is 12.8 Å². The van der Waals surface area contributed by atoms with Gasteiger partial charge in [-0.3, -0.25) is 5.32 Å². The van der Waals surface area contributed by atoms with Crippen LogP contribution in [0.2, 0.25) is 0 Å². The fourth-order valence-electron chi connectivity index (χ4n) is 1.20. The van der Waals surface area contributed by atoms with Crippen LogP contribution in [0, 0.1) is 12.3 Å². The van der Waals surface area contributed by atoms with Crippen molar-refractivity contribution < 1.29 is 8.42 Å². The minimum Gasteiger partial charge on any atom is -0.298 e. The van der Waals surface area contributed by atoms with E-state index in [4.69, 9.17) is 6.42 Å². The van der Waals surface area contributed by atoms with Gasteiger partial charge in [-0.05, 0) is 20.8 Å². The zero-order valence-corrected chi connectivity index (χ0v) is 10.1. The molecule has 0 aromatic rings. The van der Waals surface area contributed by atoms with Gasteiger partial charge in [0.1, 0.15) is 0 Å². The van der Waals surface area contributed by atoms with Gasteiger partial charge < -0.3 is 0 Å². The third-order valence-corrected chi connectivity index (χ3v) is 3.80. The highest BCUT2D eigenvalue weighted by atomic mass is 32.2. The van der Waals surface area contributed by atoms with Gasteiger partial charge in [0.05, 0.1) is 11.3 Å². The lowest BCUT2D eigenvalue weighted by atomic mass is 10.1. The van der Waals surface area contributed by atoms with Gasteiger partial charge >= 0.3 is 0 Å². The summed E-state index contributed by atoms with van der Waals surface area (Å²) in [5.41, 5.74) is -0.456. The van der Waals surface area contributed by atoms with Crippen molar-refractivity contribution in [2.75, 3.05) is 11.5 Å². The van der Waals surface area contributed by atoms with Gasteiger partial charge in [0.15, 0.2) is 9.84 Å². The Balaban J connectivity index is 4.27. The van der Waals surface area contributed by atoms with E-state index in [2.05, 4.69) is 11.2 Å². The first-order valence-corrected chi connectivity index (χ1v) is 6.50. The summed E-state index contributed by atoms with van der Waals surface area (Å²) in [5.74, 6) is 2.88. The summed E-state index contributed by atoms with van der Waals surface area (Å²) in [7, 11) is -2.93. The van der Waals surface area contributed by atoms with E-state index >= 15 is 0 Å². The van der Waals surface area contributed by atoms with Crippen LogP contribution in [-0.2, 0) is 9.84 Å². The lowest BCUT2D eigenvalue weighted by Crippen LogP contribution is -2.46. The first kappa shape index (κ1) is 13.5. The molecular weight excluding hydrogens is 198 g/mol. The van der Waals surface area contributed by atoms with Crippen molar-refractivity contribution in [2.45, 2.75) is 39.3 Å². The SMILES string of the molecule is C#CC(C)(C)NC(C)CS(=O)(=O)CC. The summed E-state index contributed by atoms with van der Waals surface area (Å²) in [4.78, 5) is 0. The number of terminal acetylenes is 1. The van der Waals surface area contributed by atoms with E-state index < -0.39 is 15.4 Å². The number of hydrogen-bond donors (Lipinski definition) is 1. The highest BCUT2D eigenvalue weighted by Crippen LogP contribution is 2.03. The number of hydrogen-bond acceptors (Lipinski definition) is 3. The fraction of sp³-hybridized carbons (Fsp3) is 0.800. The molecule has 0 fully saturated rings. The van der Waals surface area contributed by atoms with Crippen molar-refractivity contribution in [2.24, 2.45) is 0 Å². The first-order valence-electron chi connectivity index (χ1n) is 4.68. The van der Waals surface area contributed by atoms with Crippen molar-refractivity contribution in [1.29, 1.82) is 0 Å². The molecule has 0 saturated heterocycles. The maximum Gasteiger partial charge on any atom is 0.151 e. The minimum atomic E-state index is -2.93. The second-order valence-electron chi connectivity index (χ2n) is 4.01. The molecular formula is C10H19NO2S. The maximum absolute atomic E-state index is 11.3. The average Bonchev–Trinajstić information content (AvgIpc) is 2.02. The molecule has 0 heterocycles. The predicted octanol–water partition coefficient (Wildman–Crippen LogP) is 0.811. The van der Waals surface area contributed by atoms with Crippen LogP contribution in [0.25, 0.3) is 0 Å². The molecule has 0 spiro atoms. The second-order valence-corrected chi connectivity index (χ2v) is 6.41. The third kappa shape index (κ3) is 5.25. The van der Waals surface area contributed by atoms with Crippen LogP contribution in [-0.4, -0.2) is 31.5 Å². The minimum absolute atomic E-state index is 0.119. The quantitative estimate of drug-likeness (QED) is 0.693. The molecule has 0 rings (SSSR count). The smallest absolute Gasteiger partial charge is 0.151 e. The summed E-state index contributed by atoms with van der Waals surface area (Å²) < 4.78 is 22.6. The van der Waals surface area contributed by atoms with E-state index in [9.17, 15) is 8.42 Å². The lowest BCUT2D eigenvalue weighted by molar-refractivity contribution is 0.440. The standard InChI is InChI=1S/C10H19NO2S/c1-6-10(4,5)11-9(3)8-14(12,13)7-2/h1,9,11H,7-8H2,2-5H3. The molecule has 3 nitrogen and oxygen atoms in total. The Hall–Kier alpha value is -0.530. The molecule has 0 aliphatic rings. The monoisotopic (exact) mass is 217 g/mol. The van der Waals surface area contributed by atoms with Gasteiger partial charge in [-0.15, -0.1) is 6.42 Å². The average molecular weight is 217 g/mol. The normalized spacial score (nSPS) is 14.8. The van der Waals surface area contributed by atoms with Gasteiger partial charge in [-0.25, -0.2) is 8.42 Å². The largest absolute Gasteiger partial charge is 0.298 e. The van der Waals surface area contributed by atoms with Gasteiger partial charge in [-0.2, -0.15) is 0 Å². The number of rotatable bonds is 5. The van der Waals surface area contributed by atoms with Crippen LogP contribution in [0.4, 0.5) is 0 Å². The zero-order valence-electron chi connectivity index (χ0n) is 9.29. The molecule has 0 amide bonds. The Labute approximate surface area is 87.2 Å². The molecule has 4 heteroatoms. The Morgan fingerprint density at radius 1 is 1.50 bits per heavy atom.